The number of halogens is 2. The van der Waals surface area contributed by atoms with Crippen LogP contribution in [0.3, 0.4) is 0 Å². The summed E-state index contributed by atoms with van der Waals surface area (Å²) in [6, 6.07) is 2.87. The molecule has 0 spiro atoms. The van der Waals surface area contributed by atoms with E-state index in [9.17, 15) is 4.79 Å². The van der Waals surface area contributed by atoms with Crippen molar-refractivity contribution >= 4 is 34.8 Å². The minimum atomic E-state index is -0.325. The fourth-order valence-corrected chi connectivity index (χ4v) is 1.79. The smallest absolute Gasteiger partial charge is 0.253 e. The summed E-state index contributed by atoms with van der Waals surface area (Å²) in [6.45, 7) is 2.24. The zero-order chi connectivity index (χ0) is 13.0. The molecule has 0 aliphatic heterocycles. The number of anilines is 1. The summed E-state index contributed by atoms with van der Waals surface area (Å²) in [5, 5.41) is 3.19. The van der Waals surface area contributed by atoms with E-state index >= 15 is 0 Å². The van der Waals surface area contributed by atoms with Gasteiger partial charge in [0.1, 0.15) is 0 Å². The van der Waals surface area contributed by atoms with E-state index in [-0.39, 0.29) is 27.6 Å². The molecule has 0 aliphatic carbocycles. The Labute approximate surface area is 110 Å². The van der Waals surface area contributed by atoms with Crippen molar-refractivity contribution < 1.29 is 9.53 Å². The van der Waals surface area contributed by atoms with Gasteiger partial charge in [-0.3, -0.25) is 4.79 Å². The van der Waals surface area contributed by atoms with E-state index in [1.165, 1.54) is 12.1 Å². The normalized spacial score (nSPS) is 12.2. The van der Waals surface area contributed by atoms with Crippen LogP contribution in [0.2, 0.25) is 10.0 Å². The van der Waals surface area contributed by atoms with Crippen molar-refractivity contribution in [3.63, 3.8) is 0 Å². The lowest BCUT2D eigenvalue weighted by Crippen LogP contribution is -2.35. The van der Waals surface area contributed by atoms with E-state index in [1.54, 1.807) is 7.11 Å². The molecule has 0 bridgehead atoms. The molecule has 0 aromatic heterocycles. The highest BCUT2D eigenvalue weighted by Crippen LogP contribution is 2.28. The van der Waals surface area contributed by atoms with E-state index in [4.69, 9.17) is 33.7 Å². The Balaban J connectivity index is 2.89. The van der Waals surface area contributed by atoms with Crippen LogP contribution in [0.15, 0.2) is 12.1 Å². The quantitative estimate of drug-likeness (QED) is 0.830. The standard InChI is InChI=1S/C11H14Cl2N2O2/c1-6(5-17-2)15-11(16)8-3-7(14)4-9(12)10(8)13/h3-4,6H,5,14H2,1-2H3,(H,15,16). The molecule has 0 fully saturated rings. The van der Waals surface area contributed by atoms with Gasteiger partial charge in [-0.1, -0.05) is 23.2 Å². The van der Waals surface area contributed by atoms with Gasteiger partial charge in [0, 0.05) is 18.8 Å². The van der Waals surface area contributed by atoms with Crippen molar-refractivity contribution in [3.05, 3.63) is 27.7 Å². The molecule has 1 rings (SSSR count). The van der Waals surface area contributed by atoms with Crippen LogP contribution in [0.4, 0.5) is 5.69 Å². The first-order valence-electron chi connectivity index (χ1n) is 5.00. The van der Waals surface area contributed by atoms with Crippen LogP contribution >= 0.6 is 23.2 Å². The van der Waals surface area contributed by atoms with Gasteiger partial charge in [0.2, 0.25) is 0 Å². The molecule has 0 heterocycles. The van der Waals surface area contributed by atoms with Crippen molar-refractivity contribution in [1.29, 1.82) is 0 Å². The number of amides is 1. The van der Waals surface area contributed by atoms with Crippen molar-refractivity contribution in [1.82, 2.24) is 5.32 Å². The molecule has 6 heteroatoms. The van der Waals surface area contributed by atoms with E-state index in [0.717, 1.165) is 0 Å². The number of nitrogen functional groups attached to an aromatic ring is 1. The van der Waals surface area contributed by atoms with E-state index in [0.29, 0.717) is 12.3 Å². The number of methoxy groups -OCH3 is 1. The zero-order valence-corrected chi connectivity index (χ0v) is 11.1. The van der Waals surface area contributed by atoms with Crippen LogP contribution < -0.4 is 11.1 Å². The Morgan fingerprint density at radius 1 is 1.53 bits per heavy atom. The maximum Gasteiger partial charge on any atom is 0.253 e. The Morgan fingerprint density at radius 2 is 2.18 bits per heavy atom. The highest BCUT2D eigenvalue weighted by Gasteiger charge is 2.15. The molecule has 1 aromatic carbocycles. The van der Waals surface area contributed by atoms with Crippen LogP contribution in [-0.4, -0.2) is 25.7 Å². The summed E-state index contributed by atoms with van der Waals surface area (Å²) in [5.74, 6) is -0.325. The van der Waals surface area contributed by atoms with E-state index in [1.807, 2.05) is 6.92 Å². The molecule has 4 nitrogen and oxygen atoms in total. The average Bonchev–Trinajstić information content (AvgIpc) is 2.23. The number of carbonyl (C=O) groups is 1. The molecule has 0 aliphatic rings. The molecule has 0 saturated carbocycles. The van der Waals surface area contributed by atoms with Crippen molar-refractivity contribution in [2.24, 2.45) is 0 Å². The number of nitrogens with one attached hydrogen (secondary N) is 1. The second-order valence-electron chi connectivity index (χ2n) is 3.69. The maximum absolute atomic E-state index is 11.9. The third-order valence-corrected chi connectivity index (χ3v) is 2.89. The first-order valence-corrected chi connectivity index (χ1v) is 5.75. The second-order valence-corrected chi connectivity index (χ2v) is 4.48. The molecule has 94 valence electrons. The van der Waals surface area contributed by atoms with Gasteiger partial charge in [0.05, 0.1) is 22.2 Å². The Hall–Kier alpha value is -0.970. The van der Waals surface area contributed by atoms with Crippen LogP contribution in [0, 0.1) is 0 Å². The number of nitrogens with two attached hydrogens (primary N) is 1. The van der Waals surface area contributed by atoms with Gasteiger partial charge in [0.15, 0.2) is 0 Å². The number of hydrogen-bond acceptors (Lipinski definition) is 3. The topological polar surface area (TPSA) is 64.3 Å². The third kappa shape index (κ3) is 3.77. The molecule has 1 amide bonds. The van der Waals surface area contributed by atoms with Crippen molar-refractivity contribution in [3.8, 4) is 0 Å². The van der Waals surface area contributed by atoms with Gasteiger partial charge >= 0.3 is 0 Å². The second kappa shape index (κ2) is 6.10. The molecule has 1 unspecified atom stereocenters. The Bertz CT molecular complexity index is 424. The fraction of sp³-hybridized carbons (Fsp3) is 0.364. The fourth-order valence-electron chi connectivity index (χ4n) is 1.37. The summed E-state index contributed by atoms with van der Waals surface area (Å²) in [6.07, 6.45) is 0. The minimum Gasteiger partial charge on any atom is -0.399 e. The number of rotatable bonds is 4. The summed E-state index contributed by atoms with van der Waals surface area (Å²) in [5.41, 5.74) is 6.26. The van der Waals surface area contributed by atoms with Gasteiger partial charge in [-0.25, -0.2) is 0 Å². The third-order valence-electron chi connectivity index (χ3n) is 2.09. The van der Waals surface area contributed by atoms with Gasteiger partial charge in [0.25, 0.3) is 5.91 Å². The van der Waals surface area contributed by atoms with Crippen LogP contribution in [0.1, 0.15) is 17.3 Å². The first kappa shape index (κ1) is 14.1. The summed E-state index contributed by atoms with van der Waals surface area (Å²) in [7, 11) is 1.56. The molecular formula is C11H14Cl2N2O2. The Morgan fingerprint density at radius 3 is 2.76 bits per heavy atom. The predicted molar refractivity (Wildman–Crippen MR) is 69.7 cm³/mol. The highest BCUT2D eigenvalue weighted by molar-refractivity contribution is 6.44. The summed E-state index contributed by atoms with van der Waals surface area (Å²) < 4.78 is 4.92. The predicted octanol–water partition coefficient (Wildman–Crippen LogP) is 2.34. The maximum atomic E-state index is 11.9. The number of carbonyl (C=O) groups excluding carboxylic acids is 1. The molecule has 0 radical (unpaired) electrons. The Kier molecular flexibility index (Phi) is 5.05. The lowest BCUT2D eigenvalue weighted by Gasteiger charge is -2.14. The van der Waals surface area contributed by atoms with Gasteiger partial charge in [-0.05, 0) is 19.1 Å². The lowest BCUT2D eigenvalue weighted by molar-refractivity contribution is 0.0906. The number of hydrogen-bond donors (Lipinski definition) is 2. The molecule has 1 aromatic rings. The molecular weight excluding hydrogens is 263 g/mol. The van der Waals surface area contributed by atoms with Gasteiger partial charge in [-0.2, -0.15) is 0 Å². The summed E-state index contributed by atoms with van der Waals surface area (Å²) in [4.78, 5) is 11.9. The molecule has 3 N–H and O–H groups in total. The van der Waals surface area contributed by atoms with E-state index in [2.05, 4.69) is 5.32 Å². The number of ether oxygens (including phenoxy) is 1. The zero-order valence-electron chi connectivity index (χ0n) is 9.59. The molecule has 1 atom stereocenters. The van der Waals surface area contributed by atoms with E-state index < -0.39 is 0 Å². The highest BCUT2D eigenvalue weighted by atomic mass is 35.5. The van der Waals surface area contributed by atoms with Crippen molar-refractivity contribution in [2.75, 3.05) is 19.5 Å². The molecule has 17 heavy (non-hydrogen) atoms. The minimum absolute atomic E-state index is 0.122. The van der Waals surface area contributed by atoms with Gasteiger partial charge < -0.3 is 15.8 Å². The van der Waals surface area contributed by atoms with Crippen LogP contribution in [0.25, 0.3) is 0 Å². The average molecular weight is 277 g/mol. The van der Waals surface area contributed by atoms with Crippen molar-refractivity contribution in [2.45, 2.75) is 13.0 Å². The lowest BCUT2D eigenvalue weighted by atomic mass is 10.1. The van der Waals surface area contributed by atoms with Crippen LogP contribution in [0.5, 0.6) is 0 Å². The van der Waals surface area contributed by atoms with Crippen LogP contribution in [-0.2, 0) is 4.74 Å². The number of benzene rings is 1. The SMILES string of the molecule is COCC(C)NC(=O)c1cc(N)cc(Cl)c1Cl. The molecule has 0 saturated heterocycles. The van der Waals surface area contributed by atoms with Gasteiger partial charge in [-0.15, -0.1) is 0 Å². The summed E-state index contributed by atoms with van der Waals surface area (Å²) >= 11 is 11.8. The largest absolute Gasteiger partial charge is 0.399 e. The monoisotopic (exact) mass is 276 g/mol. The first-order chi connectivity index (χ1) is 7.95.